The number of nitrogens with one attached hydrogen (secondary N) is 1. The van der Waals surface area contributed by atoms with Gasteiger partial charge in [0, 0.05) is 24.5 Å². The zero-order chi connectivity index (χ0) is 17.3. The van der Waals surface area contributed by atoms with Crippen LogP contribution in [-0.2, 0) is 6.42 Å². The van der Waals surface area contributed by atoms with Crippen molar-refractivity contribution in [3.8, 4) is 5.75 Å². The largest absolute Gasteiger partial charge is 0.508 e. The van der Waals surface area contributed by atoms with Crippen molar-refractivity contribution in [1.82, 2.24) is 9.88 Å². The number of aromatic nitrogens is 1. The Morgan fingerprint density at radius 2 is 2.08 bits per heavy atom. The molecule has 0 saturated heterocycles. The molecule has 1 amide bonds. The molecule has 0 bridgehead atoms. The molecule has 2 aliphatic rings. The molecule has 0 saturated carbocycles. The lowest BCUT2D eigenvalue weighted by molar-refractivity contribution is 0.0634. The maximum absolute atomic E-state index is 13.6. The van der Waals surface area contributed by atoms with Gasteiger partial charge in [-0.3, -0.25) is 4.79 Å². The highest BCUT2D eigenvalue weighted by Crippen LogP contribution is 2.43. The van der Waals surface area contributed by atoms with Crippen LogP contribution in [0.5, 0.6) is 5.75 Å². The van der Waals surface area contributed by atoms with Crippen molar-refractivity contribution in [3.63, 3.8) is 0 Å². The second-order valence-corrected chi connectivity index (χ2v) is 6.64. The molecule has 3 heterocycles. The number of hydrogen-bond donors (Lipinski definition) is 2. The fraction of sp³-hybridized carbons (Fsp3) is 0.211. The SMILES string of the molecule is CN1c2ccc(F)cc2C(=O)N2CCc3c([nH]c4ccc(O)cc34)[C@H]21. The van der Waals surface area contributed by atoms with Crippen LogP contribution in [0.15, 0.2) is 36.4 Å². The van der Waals surface area contributed by atoms with Crippen molar-refractivity contribution in [3.05, 3.63) is 59.0 Å². The molecular weight excluding hydrogens is 321 g/mol. The molecule has 2 N–H and O–H groups in total. The van der Waals surface area contributed by atoms with Crippen LogP contribution in [0.4, 0.5) is 10.1 Å². The lowest BCUT2D eigenvalue weighted by Gasteiger charge is -2.46. The highest BCUT2D eigenvalue weighted by atomic mass is 19.1. The molecule has 2 aromatic carbocycles. The van der Waals surface area contributed by atoms with E-state index in [1.54, 1.807) is 23.1 Å². The average molecular weight is 337 g/mol. The summed E-state index contributed by atoms with van der Waals surface area (Å²) < 4.78 is 13.6. The quantitative estimate of drug-likeness (QED) is 0.662. The highest BCUT2D eigenvalue weighted by molar-refractivity contribution is 6.02. The number of anilines is 1. The van der Waals surface area contributed by atoms with Crippen LogP contribution < -0.4 is 4.90 Å². The Hall–Kier alpha value is -3.02. The van der Waals surface area contributed by atoms with Crippen LogP contribution in [0.1, 0.15) is 27.8 Å². The summed E-state index contributed by atoms with van der Waals surface area (Å²) in [4.78, 5) is 20.1. The number of carbonyl (C=O) groups excluding carboxylic acids is 1. The van der Waals surface area contributed by atoms with Crippen molar-refractivity contribution in [2.24, 2.45) is 0 Å². The first-order chi connectivity index (χ1) is 12.0. The van der Waals surface area contributed by atoms with Gasteiger partial charge in [-0.2, -0.15) is 0 Å². The van der Waals surface area contributed by atoms with Crippen LogP contribution in [0, 0.1) is 5.82 Å². The number of phenols is 1. The zero-order valence-corrected chi connectivity index (χ0v) is 13.6. The van der Waals surface area contributed by atoms with Crippen LogP contribution in [0.3, 0.4) is 0 Å². The molecule has 1 aromatic heterocycles. The number of rotatable bonds is 0. The summed E-state index contributed by atoms with van der Waals surface area (Å²) in [6.45, 7) is 0.555. The Kier molecular flexibility index (Phi) is 2.72. The Labute approximate surface area is 143 Å². The Morgan fingerprint density at radius 1 is 1.24 bits per heavy atom. The number of carbonyl (C=O) groups is 1. The third-order valence-corrected chi connectivity index (χ3v) is 5.28. The number of fused-ring (bicyclic) bond motifs is 6. The number of phenolic OH excluding ortho intramolecular Hbond substituents is 1. The number of nitrogens with zero attached hydrogens (tertiary/aromatic N) is 2. The fourth-order valence-electron chi connectivity index (χ4n) is 4.15. The van der Waals surface area contributed by atoms with Gasteiger partial charge in [-0.1, -0.05) is 0 Å². The minimum absolute atomic E-state index is 0.148. The van der Waals surface area contributed by atoms with Crippen LogP contribution >= 0.6 is 0 Å². The molecule has 126 valence electrons. The summed E-state index contributed by atoms with van der Waals surface area (Å²) in [7, 11) is 1.92. The molecule has 0 unspecified atom stereocenters. The lowest BCUT2D eigenvalue weighted by atomic mass is 9.96. The monoisotopic (exact) mass is 337 g/mol. The molecule has 25 heavy (non-hydrogen) atoms. The average Bonchev–Trinajstić information content (AvgIpc) is 2.96. The number of amides is 1. The summed E-state index contributed by atoms with van der Waals surface area (Å²) >= 11 is 0. The van der Waals surface area contributed by atoms with Gasteiger partial charge in [0.05, 0.1) is 16.9 Å². The van der Waals surface area contributed by atoms with Gasteiger partial charge in [0.1, 0.15) is 17.7 Å². The summed E-state index contributed by atoms with van der Waals surface area (Å²) in [5, 5.41) is 10.8. The molecule has 1 atom stereocenters. The van der Waals surface area contributed by atoms with E-state index in [1.807, 2.05) is 18.0 Å². The fourth-order valence-corrected chi connectivity index (χ4v) is 4.15. The lowest BCUT2D eigenvalue weighted by Crippen LogP contribution is -2.51. The number of aromatic hydroxyl groups is 1. The van der Waals surface area contributed by atoms with Gasteiger partial charge < -0.3 is 19.9 Å². The summed E-state index contributed by atoms with van der Waals surface area (Å²) in [5.74, 6) is -0.326. The minimum atomic E-state index is -0.405. The topological polar surface area (TPSA) is 59.6 Å². The summed E-state index contributed by atoms with van der Waals surface area (Å²) in [6, 6.07) is 9.60. The number of H-pyrrole nitrogens is 1. The summed E-state index contributed by atoms with van der Waals surface area (Å²) in [6.07, 6.45) is 0.434. The maximum Gasteiger partial charge on any atom is 0.258 e. The first-order valence-corrected chi connectivity index (χ1v) is 8.21. The van der Waals surface area contributed by atoms with Crippen molar-refractivity contribution < 1.29 is 14.3 Å². The Morgan fingerprint density at radius 3 is 2.92 bits per heavy atom. The molecule has 2 aliphatic heterocycles. The molecule has 6 heteroatoms. The van der Waals surface area contributed by atoms with Crippen molar-refractivity contribution in [2.75, 3.05) is 18.5 Å². The van der Waals surface area contributed by atoms with Crippen LogP contribution in [0.25, 0.3) is 10.9 Å². The third-order valence-electron chi connectivity index (χ3n) is 5.28. The van der Waals surface area contributed by atoms with Crippen LogP contribution in [-0.4, -0.2) is 34.5 Å². The number of halogens is 1. The first kappa shape index (κ1) is 14.3. The van der Waals surface area contributed by atoms with Crippen molar-refractivity contribution >= 4 is 22.5 Å². The van der Waals surface area contributed by atoms with E-state index in [2.05, 4.69) is 4.98 Å². The van der Waals surface area contributed by atoms with Gasteiger partial charge in [0.15, 0.2) is 0 Å². The molecule has 3 aromatic rings. The molecule has 0 aliphatic carbocycles. The van der Waals surface area contributed by atoms with Gasteiger partial charge in [-0.05, 0) is 48.4 Å². The van der Waals surface area contributed by atoms with E-state index in [1.165, 1.54) is 12.1 Å². The van der Waals surface area contributed by atoms with E-state index < -0.39 is 5.82 Å². The summed E-state index contributed by atoms with van der Waals surface area (Å²) in [5.41, 5.74) is 4.14. The van der Waals surface area contributed by atoms with E-state index >= 15 is 0 Å². The van der Waals surface area contributed by atoms with Gasteiger partial charge in [-0.25, -0.2) is 4.39 Å². The maximum atomic E-state index is 13.6. The zero-order valence-electron chi connectivity index (χ0n) is 13.6. The molecular formula is C19H16FN3O2. The number of benzene rings is 2. The van der Waals surface area contributed by atoms with E-state index in [0.717, 1.165) is 27.8 Å². The van der Waals surface area contributed by atoms with E-state index in [4.69, 9.17) is 0 Å². The predicted octanol–water partition coefficient (Wildman–Crippen LogP) is 3.16. The third kappa shape index (κ3) is 1.85. The van der Waals surface area contributed by atoms with E-state index in [-0.39, 0.29) is 17.8 Å². The van der Waals surface area contributed by atoms with E-state index in [9.17, 15) is 14.3 Å². The highest BCUT2D eigenvalue weighted by Gasteiger charge is 2.41. The molecule has 0 fully saturated rings. The minimum Gasteiger partial charge on any atom is -0.508 e. The molecule has 0 radical (unpaired) electrons. The first-order valence-electron chi connectivity index (χ1n) is 8.21. The predicted molar refractivity (Wildman–Crippen MR) is 92.2 cm³/mol. The Bertz CT molecular complexity index is 1040. The number of aromatic amines is 1. The normalized spacial score (nSPS) is 19.0. The molecule has 5 nitrogen and oxygen atoms in total. The molecule has 5 rings (SSSR count). The number of hydrogen-bond acceptors (Lipinski definition) is 3. The second-order valence-electron chi connectivity index (χ2n) is 6.64. The van der Waals surface area contributed by atoms with Gasteiger partial charge >= 0.3 is 0 Å². The van der Waals surface area contributed by atoms with Gasteiger partial charge in [-0.15, -0.1) is 0 Å². The standard InChI is InChI=1S/C19H16FN3O2/c1-22-16-5-2-10(20)8-14(16)19(25)23-7-6-12-13-9-11(24)3-4-15(13)21-17(12)18(22)23/h2-5,8-9,18,21,24H,6-7H2,1H3/t18-/m0/s1. The van der Waals surface area contributed by atoms with Crippen molar-refractivity contribution in [1.29, 1.82) is 0 Å². The van der Waals surface area contributed by atoms with Gasteiger partial charge in [0.25, 0.3) is 5.91 Å². The second kappa shape index (κ2) is 4.75. The molecule has 0 spiro atoms. The van der Waals surface area contributed by atoms with Crippen LogP contribution in [0.2, 0.25) is 0 Å². The van der Waals surface area contributed by atoms with Crippen molar-refractivity contribution in [2.45, 2.75) is 12.6 Å². The van der Waals surface area contributed by atoms with Gasteiger partial charge in [0.2, 0.25) is 0 Å². The Balaban J connectivity index is 1.72. The van der Waals surface area contributed by atoms with E-state index in [0.29, 0.717) is 18.5 Å². The smallest absolute Gasteiger partial charge is 0.258 e.